The molecule has 0 spiro atoms. The monoisotopic (exact) mass is 1410 g/mol. The van der Waals surface area contributed by atoms with Gasteiger partial charge in [-0.25, -0.2) is 13.6 Å². The maximum atomic E-state index is 14.6. The van der Waals surface area contributed by atoms with Crippen LogP contribution in [0.25, 0.3) is 70.9 Å². The molecule has 0 fully saturated rings. The first-order chi connectivity index (χ1) is 47.1. The third-order valence-corrected chi connectivity index (χ3v) is 16.8. The Hall–Kier alpha value is -8.58. The molecule has 2 atom stereocenters. The van der Waals surface area contributed by atoms with E-state index in [1.54, 1.807) is 62.8 Å². The van der Waals surface area contributed by atoms with Gasteiger partial charge < -0.3 is 44.5 Å². The molecule has 101 heavy (non-hydrogen) atoms. The Morgan fingerprint density at radius 2 is 0.752 bits per heavy atom. The molecule has 0 aliphatic rings. The number of benzene rings is 8. The molecule has 0 bridgehead atoms. The van der Waals surface area contributed by atoms with E-state index >= 15 is 0 Å². The van der Waals surface area contributed by atoms with Gasteiger partial charge in [-0.15, -0.1) is 0 Å². The molecular formula is C79H81F8N2NaO11. The molecule has 0 unspecified atom stereocenters. The average Bonchev–Trinajstić information content (AvgIpc) is 0.807. The van der Waals surface area contributed by atoms with Gasteiger partial charge >= 0.3 is 53.8 Å². The van der Waals surface area contributed by atoms with Crippen molar-refractivity contribution < 1.29 is 119 Å². The number of aliphatic hydroxyl groups excluding tert-OH is 2. The molecular weight excluding hydrogens is 1330 g/mol. The number of carbonyl (C=O) groups is 2. The van der Waals surface area contributed by atoms with Gasteiger partial charge in [0.1, 0.15) is 47.4 Å². The quantitative estimate of drug-likeness (QED) is 0.0102. The zero-order valence-corrected chi connectivity index (χ0v) is 59.8. The minimum Gasteiger partial charge on any atom is -0.870 e. The first kappa shape index (κ1) is 83.1. The van der Waals surface area contributed by atoms with Gasteiger partial charge in [-0.05, 0) is 191 Å². The van der Waals surface area contributed by atoms with Gasteiger partial charge in [0.25, 0.3) is 0 Å². The summed E-state index contributed by atoms with van der Waals surface area (Å²) in [6.07, 6.45) is 3.93. The fourth-order valence-electron chi connectivity index (χ4n) is 10.6. The number of carboxylic acids is 1. The second-order valence-corrected chi connectivity index (χ2v) is 23.8. The van der Waals surface area contributed by atoms with Crippen molar-refractivity contribution in [2.75, 3.05) is 61.0 Å². The van der Waals surface area contributed by atoms with Crippen molar-refractivity contribution in [2.45, 2.75) is 78.1 Å². The van der Waals surface area contributed by atoms with Crippen LogP contribution in [-0.4, -0.2) is 105 Å². The van der Waals surface area contributed by atoms with Crippen LogP contribution in [0, 0.1) is 39.3 Å². The molecule has 8 aromatic rings. The number of rotatable bonds is 28. The maximum absolute atomic E-state index is 14.6. The van der Waals surface area contributed by atoms with E-state index in [0.717, 1.165) is 73.3 Å². The molecule has 0 aliphatic carbocycles. The zero-order chi connectivity index (χ0) is 72.2. The summed E-state index contributed by atoms with van der Waals surface area (Å²) in [4.78, 5) is 23.7. The Balaban J connectivity index is 0.000000357. The van der Waals surface area contributed by atoms with E-state index in [1.165, 1.54) is 69.5 Å². The number of nitrogens with one attached hydrogen (secondary N) is 2. The van der Waals surface area contributed by atoms with Gasteiger partial charge in [0, 0.05) is 38.4 Å². The number of alkyl halides is 6. The molecule has 0 aromatic heterocycles. The van der Waals surface area contributed by atoms with Crippen LogP contribution in [0.15, 0.2) is 146 Å². The van der Waals surface area contributed by atoms with E-state index < -0.39 is 59.7 Å². The normalized spacial score (nSPS) is 12.9. The molecule has 22 heteroatoms. The number of esters is 1. The summed E-state index contributed by atoms with van der Waals surface area (Å²) in [7, 11) is 4.34. The third-order valence-electron chi connectivity index (χ3n) is 16.8. The Morgan fingerprint density at radius 1 is 0.436 bits per heavy atom. The summed E-state index contributed by atoms with van der Waals surface area (Å²) in [6, 6.07) is 39.3. The fourth-order valence-corrected chi connectivity index (χ4v) is 10.6. The summed E-state index contributed by atoms with van der Waals surface area (Å²) in [5, 5.41) is 34.2. The number of hydrogen-bond acceptors (Lipinski definition) is 12. The van der Waals surface area contributed by atoms with Crippen molar-refractivity contribution >= 4 is 60.5 Å². The number of carbonyl (C=O) groups excluding carboxylic acids is 1. The predicted octanol–water partition coefficient (Wildman–Crippen LogP) is 13.8. The molecule has 6 N–H and O–H groups in total. The van der Waals surface area contributed by atoms with Gasteiger partial charge in [-0.3, -0.25) is 15.4 Å². The van der Waals surface area contributed by atoms with E-state index in [-0.39, 0.29) is 70.9 Å². The van der Waals surface area contributed by atoms with Crippen LogP contribution in [0.2, 0.25) is 0 Å². The number of methoxy groups -OCH3 is 3. The predicted molar refractivity (Wildman–Crippen MR) is 375 cm³/mol. The number of aliphatic hydroxyl groups is 2. The standard InChI is InChI=1S/C40H41F4NO5.C39H39F4NO5.Na.H2O/c1-26-29(13-15-31-22-28(12-18-36(31)40(42,43)44)24-45-39(3,25-46)38(47)49-5)8-6-10-34(26)35-11-7-9-30(27(35)2)14-16-32-23-33(17-19-37(32)41)50-21-20-48-4;1-25-28(12-14-30-21-27(11-17-35(30)39(41,42)43)23-44-38(3,24-45)37(46)47)7-5-9-33(25)34-10-6-8-29(26(34)2)13-15-31-22-32(16-18-36(31)40)49-20-19-48-4;;/h6-19,22-23,45-46H,20-21,24-25H2,1-5H3;5-18,21-22,44-45H,19-20,23-24H2,1-4H3,(H,46,47);;1H2/q;;+1;/p-1/b15-13+,16-14+;14-12+,15-13+;;/t39-;38-;;/m00../s1. The summed E-state index contributed by atoms with van der Waals surface area (Å²) >= 11 is 0. The molecule has 13 nitrogen and oxygen atoms in total. The first-order valence-corrected chi connectivity index (χ1v) is 31.5. The molecule has 530 valence electrons. The molecule has 0 amide bonds. The number of carboxylic acid groups (broad SMARTS) is 1. The Morgan fingerprint density at radius 3 is 1.05 bits per heavy atom. The van der Waals surface area contributed by atoms with E-state index in [1.807, 2.05) is 113 Å². The summed E-state index contributed by atoms with van der Waals surface area (Å²) < 4.78 is 139. The van der Waals surface area contributed by atoms with Gasteiger partial charge in [0.05, 0.1) is 44.7 Å². The number of halogens is 8. The molecule has 8 aromatic carbocycles. The van der Waals surface area contributed by atoms with Crippen molar-refractivity contribution in [2.24, 2.45) is 0 Å². The zero-order valence-electron chi connectivity index (χ0n) is 57.8. The molecule has 0 saturated heterocycles. The van der Waals surface area contributed by atoms with Gasteiger partial charge in [0.2, 0.25) is 0 Å². The number of ether oxygens (including phenoxy) is 5. The second-order valence-electron chi connectivity index (χ2n) is 23.8. The first-order valence-electron chi connectivity index (χ1n) is 31.5. The molecule has 0 saturated carbocycles. The maximum Gasteiger partial charge on any atom is 1.00 e. The second kappa shape index (κ2) is 37.9. The smallest absolute Gasteiger partial charge is 0.870 e. The minimum atomic E-state index is -4.62. The Labute approximate surface area is 605 Å². The molecule has 8 rings (SSSR count). The Kier molecular flexibility index (Phi) is 31.2. The van der Waals surface area contributed by atoms with Crippen LogP contribution < -0.4 is 49.7 Å². The number of aliphatic carboxylic acids is 1. The van der Waals surface area contributed by atoms with Crippen LogP contribution in [-0.2, 0) is 49.2 Å². The summed E-state index contributed by atoms with van der Waals surface area (Å²) in [6.45, 7) is 10.7. The van der Waals surface area contributed by atoms with Gasteiger partial charge in [-0.2, -0.15) is 26.3 Å². The number of hydrogen-bond donors (Lipinski definition) is 5. The van der Waals surface area contributed by atoms with Crippen molar-refractivity contribution in [3.05, 3.63) is 246 Å². The molecule has 0 heterocycles. The topological polar surface area (TPSA) is 195 Å². The van der Waals surface area contributed by atoms with E-state index in [2.05, 4.69) is 10.6 Å². The van der Waals surface area contributed by atoms with Crippen molar-refractivity contribution in [1.82, 2.24) is 10.6 Å². The van der Waals surface area contributed by atoms with Crippen LogP contribution in [0.5, 0.6) is 11.5 Å². The Bertz CT molecular complexity index is 4270. The van der Waals surface area contributed by atoms with E-state index in [9.17, 15) is 60.0 Å². The summed E-state index contributed by atoms with van der Waals surface area (Å²) in [5.41, 5.74) is 7.22. The largest absolute Gasteiger partial charge is 1.00 e. The van der Waals surface area contributed by atoms with Crippen molar-refractivity contribution in [1.29, 1.82) is 0 Å². The van der Waals surface area contributed by atoms with Crippen LogP contribution in [0.3, 0.4) is 0 Å². The van der Waals surface area contributed by atoms with E-state index in [4.69, 9.17) is 23.7 Å². The fraction of sp³-hybridized carbons (Fsp3) is 0.266. The van der Waals surface area contributed by atoms with Crippen LogP contribution >= 0.6 is 0 Å². The van der Waals surface area contributed by atoms with Crippen molar-refractivity contribution in [3.8, 4) is 33.8 Å². The summed E-state index contributed by atoms with van der Waals surface area (Å²) in [5.74, 6) is -1.69. The van der Waals surface area contributed by atoms with Gasteiger partial charge in [0.15, 0.2) is 0 Å². The molecule has 0 radical (unpaired) electrons. The molecule has 0 aliphatic heterocycles. The third kappa shape index (κ3) is 22.2. The minimum absolute atomic E-state index is 0. The van der Waals surface area contributed by atoms with Crippen LogP contribution in [0.4, 0.5) is 35.1 Å². The van der Waals surface area contributed by atoms with Crippen LogP contribution in [0.1, 0.15) is 103 Å². The SMILES string of the molecule is COCCOc1ccc(F)c(/C=C/c2cccc(-c3cccc(/C=C/c4cc(CN[C@@](C)(CO)C(=O)O)ccc4C(F)(F)F)c3C)c2C)c1.COCCOc1ccc(F)c(/C=C/c2cccc(-c3cccc(/C=C/c4cc(CN[C@@](C)(CO)C(=O)OC)ccc4C(F)(F)F)c3C)c2C)c1.[Na+].[OH-]. The van der Waals surface area contributed by atoms with Gasteiger partial charge in [-0.1, -0.05) is 134 Å². The average molecular weight is 1410 g/mol. The van der Waals surface area contributed by atoms with Crippen molar-refractivity contribution in [3.63, 3.8) is 0 Å². The van der Waals surface area contributed by atoms with E-state index in [0.29, 0.717) is 65.7 Å².